The van der Waals surface area contributed by atoms with Crippen molar-refractivity contribution >= 4 is 27.3 Å². The van der Waals surface area contributed by atoms with Gasteiger partial charge in [0.15, 0.2) is 0 Å². The number of hydrogen-bond acceptors (Lipinski definition) is 2. The molecule has 1 aromatic heterocycles. The highest BCUT2D eigenvalue weighted by Gasteiger charge is 2.13. The zero-order chi connectivity index (χ0) is 12.3. The van der Waals surface area contributed by atoms with Gasteiger partial charge in [0, 0.05) is 15.3 Å². The third kappa shape index (κ3) is 3.18. The molecule has 1 unspecified atom stereocenters. The van der Waals surface area contributed by atoms with Gasteiger partial charge in [-0.1, -0.05) is 29.8 Å². The first kappa shape index (κ1) is 12.8. The summed E-state index contributed by atoms with van der Waals surface area (Å²) in [4.78, 5) is 1.38. The highest BCUT2D eigenvalue weighted by atomic mass is 79.9. The van der Waals surface area contributed by atoms with Crippen LogP contribution in [0.4, 0.5) is 0 Å². The lowest BCUT2D eigenvalue weighted by molar-refractivity contribution is 0.699. The fourth-order valence-electron chi connectivity index (χ4n) is 1.87. The van der Waals surface area contributed by atoms with Gasteiger partial charge in [-0.2, -0.15) is 0 Å². The Hall–Kier alpha value is -0.640. The summed E-state index contributed by atoms with van der Waals surface area (Å²) in [6, 6.07) is 10.8. The molecule has 90 valence electrons. The Kier molecular flexibility index (Phi) is 4.37. The predicted octanol–water partition coefficient (Wildman–Crippen LogP) is 4.10. The van der Waals surface area contributed by atoms with Crippen LogP contribution in [0, 0.1) is 6.92 Å². The van der Waals surface area contributed by atoms with Gasteiger partial charge in [0.2, 0.25) is 0 Å². The average Bonchev–Trinajstić information content (AvgIpc) is 2.73. The van der Waals surface area contributed by atoms with Gasteiger partial charge in [0.25, 0.3) is 0 Å². The zero-order valence-electron chi connectivity index (χ0n) is 9.82. The molecule has 0 aliphatic rings. The van der Waals surface area contributed by atoms with Gasteiger partial charge in [-0.3, -0.25) is 0 Å². The lowest BCUT2D eigenvalue weighted by atomic mass is 9.94. The van der Waals surface area contributed by atoms with Gasteiger partial charge in [-0.05, 0) is 52.8 Å². The van der Waals surface area contributed by atoms with Crippen molar-refractivity contribution in [3.05, 3.63) is 56.2 Å². The van der Waals surface area contributed by atoms with Gasteiger partial charge in [-0.15, -0.1) is 11.3 Å². The topological polar surface area (TPSA) is 26.0 Å². The van der Waals surface area contributed by atoms with Crippen molar-refractivity contribution in [1.29, 1.82) is 0 Å². The van der Waals surface area contributed by atoms with Crippen LogP contribution in [0.1, 0.15) is 21.9 Å². The number of benzene rings is 1. The molecule has 3 heteroatoms. The Morgan fingerprint density at radius 2 is 1.94 bits per heavy atom. The second-order valence-electron chi connectivity index (χ2n) is 4.24. The van der Waals surface area contributed by atoms with Crippen LogP contribution < -0.4 is 5.73 Å². The molecule has 2 aromatic rings. The first-order valence-corrected chi connectivity index (χ1v) is 7.36. The summed E-state index contributed by atoms with van der Waals surface area (Å²) in [5, 5.41) is 2.11. The van der Waals surface area contributed by atoms with Gasteiger partial charge in [-0.25, -0.2) is 0 Å². The molecule has 0 aliphatic heterocycles. The number of hydrogen-bond donors (Lipinski definition) is 1. The normalized spacial score (nSPS) is 12.6. The SMILES string of the molecule is Cc1ccc(C(CN)Cc2sccc2Br)cc1. The minimum atomic E-state index is 0.408. The largest absolute Gasteiger partial charge is 0.330 e. The van der Waals surface area contributed by atoms with Crippen LogP contribution in [0.3, 0.4) is 0 Å². The van der Waals surface area contributed by atoms with Gasteiger partial charge in [0.1, 0.15) is 0 Å². The number of rotatable bonds is 4. The van der Waals surface area contributed by atoms with Crippen LogP contribution in [0.25, 0.3) is 0 Å². The smallest absolute Gasteiger partial charge is 0.0314 e. The van der Waals surface area contributed by atoms with E-state index in [0.717, 1.165) is 6.42 Å². The standard InChI is InChI=1S/C14H16BrNS/c1-10-2-4-11(5-3-10)12(9-16)8-14-13(15)6-7-17-14/h2-7,12H,8-9,16H2,1H3. The molecule has 0 fully saturated rings. The van der Waals surface area contributed by atoms with E-state index in [1.54, 1.807) is 11.3 Å². The molecular formula is C14H16BrNS. The molecule has 2 N–H and O–H groups in total. The van der Waals surface area contributed by atoms with Crippen LogP contribution in [0.5, 0.6) is 0 Å². The third-order valence-corrected chi connectivity index (χ3v) is 4.90. The highest BCUT2D eigenvalue weighted by Crippen LogP contribution is 2.29. The zero-order valence-corrected chi connectivity index (χ0v) is 12.2. The molecule has 2 rings (SSSR count). The molecule has 0 saturated carbocycles. The highest BCUT2D eigenvalue weighted by molar-refractivity contribution is 9.10. The molecular weight excluding hydrogens is 294 g/mol. The predicted molar refractivity (Wildman–Crippen MR) is 78.7 cm³/mol. The van der Waals surface area contributed by atoms with Gasteiger partial charge in [0.05, 0.1) is 0 Å². The molecule has 0 saturated heterocycles. The van der Waals surface area contributed by atoms with Crippen molar-refractivity contribution in [2.45, 2.75) is 19.3 Å². The van der Waals surface area contributed by atoms with Crippen LogP contribution in [-0.4, -0.2) is 6.54 Å². The van der Waals surface area contributed by atoms with Crippen molar-refractivity contribution in [3.8, 4) is 0 Å². The maximum absolute atomic E-state index is 5.90. The second kappa shape index (κ2) is 5.80. The maximum Gasteiger partial charge on any atom is 0.0314 e. The van der Waals surface area contributed by atoms with Crippen LogP contribution >= 0.6 is 27.3 Å². The number of thiophene rings is 1. The van der Waals surface area contributed by atoms with E-state index in [0.29, 0.717) is 12.5 Å². The Morgan fingerprint density at radius 1 is 1.24 bits per heavy atom. The van der Waals surface area contributed by atoms with E-state index >= 15 is 0 Å². The van der Waals surface area contributed by atoms with Crippen LogP contribution in [-0.2, 0) is 6.42 Å². The van der Waals surface area contributed by atoms with Crippen molar-refractivity contribution < 1.29 is 0 Å². The van der Waals surface area contributed by atoms with Gasteiger partial charge >= 0.3 is 0 Å². The first-order chi connectivity index (χ1) is 8.20. The first-order valence-electron chi connectivity index (χ1n) is 5.69. The summed E-state index contributed by atoms with van der Waals surface area (Å²) >= 11 is 5.37. The summed E-state index contributed by atoms with van der Waals surface area (Å²) in [6.45, 7) is 2.80. The van der Waals surface area contributed by atoms with Crippen molar-refractivity contribution in [1.82, 2.24) is 0 Å². The monoisotopic (exact) mass is 309 g/mol. The van der Waals surface area contributed by atoms with E-state index in [1.807, 2.05) is 0 Å². The fraction of sp³-hybridized carbons (Fsp3) is 0.286. The number of halogens is 1. The van der Waals surface area contributed by atoms with Gasteiger partial charge < -0.3 is 5.73 Å². The maximum atomic E-state index is 5.90. The molecule has 17 heavy (non-hydrogen) atoms. The third-order valence-electron chi connectivity index (χ3n) is 2.96. The van der Waals surface area contributed by atoms with E-state index in [2.05, 4.69) is 58.6 Å². The lowest BCUT2D eigenvalue weighted by Crippen LogP contribution is -2.14. The van der Waals surface area contributed by atoms with Crippen LogP contribution in [0.2, 0.25) is 0 Å². The Balaban J connectivity index is 2.17. The van der Waals surface area contributed by atoms with Crippen molar-refractivity contribution in [2.75, 3.05) is 6.54 Å². The molecule has 0 bridgehead atoms. The molecule has 0 amide bonds. The minimum Gasteiger partial charge on any atom is -0.330 e. The summed E-state index contributed by atoms with van der Waals surface area (Å²) in [5.41, 5.74) is 8.52. The molecule has 1 atom stereocenters. The Bertz CT molecular complexity index is 475. The van der Waals surface area contributed by atoms with Crippen LogP contribution in [0.15, 0.2) is 40.2 Å². The van der Waals surface area contributed by atoms with Crippen molar-refractivity contribution in [2.24, 2.45) is 5.73 Å². The molecule has 0 spiro atoms. The summed E-state index contributed by atoms with van der Waals surface area (Å²) < 4.78 is 1.20. The van der Waals surface area contributed by atoms with E-state index in [1.165, 1.54) is 20.5 Å². The number of aryl methyl sites for hydroxylation is 1. The summed E-state index contributed by atoms with van der Waals surface area (Å²) in [5.74, 6) is 0.408. The lowest BCUT2D eigenvalue weighted by Gasteiger charge is -2.15. The summed E-state index contributed by atoms with van der Waals surface area (Å²) in [6.07, 6.45) is 1.01. The average molecular weight is 310 g/mol. The minimum absolute atomic E-state index is 0.408. The van der Waals surface area contributed by atoms with E-state index < -0.39 is 0 Å². The molecule has 1 aromatic carbocycles. The Labute approximate surface area is 115 Å². The number of nitrogens with two attached hydrogens (primary N) is 1. The summed E-state index contributed by atoms with van der Waals surface area (Å²) in [7, 11) is 0. The second-order valence-corrected chi connectivity index (χ2v) is 6.09. The molecule has 0 radical (unpaired) electrons. The van der Waals surface area contributed by atoms with E-state index in [-0.39, 0.29) is 0 Å². The van der Waals surface area contributed by atoms with Crippen molar-refractivity contribution in [3.63, 3.8) is 0 Å². The van der Waals surface area contributed by atoms with E-state index in [9.17, 15) is 0 Å². The quantitative estimate of drug-likeness (QED) is 0.904. The van der Waals surface area contributed by atoms with E-state index in [4.69, 9.17) is 5.73 Å². The molecule has 0 aliphatic carbocycles. The molecule has 1 heterocycles. The molecule has 1 nitrogen and oxygen atoms in total. The fourth-order valence-corrected chi connectivity index (χ4v) is 3.47. The Morgan fingerprint density at radius 3 is 2.47 bits per heavy atom.